The van der Waals surface area contributed by atoms with Crippen molar-refractivity contribution in [2.24, 2.45) is 5.92 Å². The van der Waals surface area contributed by atoms with E-state index in [2.05, 4.69) is 35.1 Å². The zero-order valence-electron chi connectivity index (χ0n) is 11.6. The Morgan fingerprint density at radius 3 is 2.58 bits per heavy atom. The fourth-order valence-electron chi connectivity index (χ4n) is 1.47. The number of hydrogen-bond donors (Lipinski definition) is 1. The first-order chi connectivity index (χ1) is 8.81. The second-order valence-corrected chi connectivity index (χ2v) is 6.25. The molecule has 1 atom stereocenters. The van der Waals surface area contributed by atoms with Gasteiger partial charge in [-0.3, -0.25) is 4.79 Å². The summed E-state index contributed by atoms with van der Waals surface area (Å²) in [6, 6.07) is 3.77. The molecule has 106 valence electrons. The van der Waals surface area contributed by atoms with Gasteiger partial charge in [-0.1, -0.05) is 41.4 Å². The summed E-state index contributed by atoms with van der Waals surface area (Å²) in [6.07, 6.45) is 0. The molecule has 19 heavy (non-hydrogen) atoms. The Balaban J connectivity index is 2.60. The number of halogens is 2. The molecule has 0 aliphatic heterocycles. The number of carbonyl (C=O) groups excluding carboxylic acids is 1. The van der Waals surface area contributed by atoms with Crippen LogP contribution < -0.4 is 10.1 Å². The monoisotopic (exact) mass is 347 g/mol. The molecule has 0 heterocycles. The highest BCUT2D eigenvalue weighted by molar-refractivity contribution is 9.10. The molecule has 5 heteroatoms. The summed E-state index contributed by atoms with van der Waals surface area (Å²) in [4.78, 5) is 11.7. The van der Waals surface area contributed by atoms with Crippen LogP contribution in [-0.2, 0) is 4.79 Å². The lowest BCUT2D eigenvalue weighted by Gasteiger charge is -2.18. The van der Waals surface area contributed by atoms with Crippen LogP contribution in [0, 0.1) is 12.8 Å². The molecule has 1 rings (SSSR count). The number of carbonyl (C=O) groups is 1. The van der Waals surface area contributed by atoms with Crippen LogP contribution in [0.5, 0.6) is 5.75 Å². The van der Waals surface area contributed by atoms with E-state index in [-0.39, 0.29) is 18.6 Å². The number of benzene rings is 1. The molecule has 0 saturated heterocycles. The van der Waals surface area contributed by atoms with Gasteiger partial charge in [0.25, 0.3) is 5.91 Å². The Kier molecular flexibility index (Phi) is 6.14. The number of nitrogens with one attached hydrogen (secondary N) is 1. The third kappa shape index (κ3) is 5.03. The lowest BCUT2D eigenvalue weighted by atomic mass is 10.1. The highest BCUT2D eigenvalue weighted by atomic mass is 79.9. The van der Waals surface area contributed by atoms with Crippen molar-refractivity contribution in [3.8, 4) is 5.75 Å². The topological polar surface area (TPSA) is 38.3 Å². The van der Waals surface area contributed by atoms with Crippen molar-refractivity contribution in [2.45, 2.75) is 33.7 Å². The Morgan fingerprint density at radius 2 is 2.05 bits per heavy atom. The van der Waals surface area contributed by atoms with E-state index >= 15 is 0 Å². The number of amides is 1. The van der Waals surface area contributed by atoms with Crippen molar-refractivity contribution < 1.29 is 9.53 Å². The van der Waals surface area contributed by atoms with Crippen molar-refractivity contribution in [3.05, 3.63) is 27.2 Å². The normalized spacial score (nSPS) is 12.4. The number of aryl methyl sites for hydroxylation is 1. The van der Waals surface area contributed by atoms with Gasteiger partial charge >= 0.3 is 0 Å². The van der Waals surface area contributed by atoms with Gasteiger partial charge in [0.05, 0.1) is 5.02 Å². The van der Waals surface area contributed by atoms with Crippen LogP contribution >= 0.6 is 27.5 Å². The van der Waals surface area contributed by atoms with Gasteiger partial charge in [-0.25, -0.2) is 0 Å². The fraction of sp³-hybridized carbons (Fsp3) is 0.500. The first kappa shape index (κ1) is 16.3. The van der Waals surface area contributed by atoms with Gasteiger partial charge in [0.2, 0.25) is 0 Å². The molecule has 0 bridgehead atoms. The lowest BCUT2D eigenvalue weighted by Crippen LogP contribution is -2.39. The van der Waals surface area contributed by atoms with E-state index in [9.17, 15) is 4.79 Å². The molecule has 0 radical (unpaired) electrons. The van der Waals surface area contributed by atoms with Gasteiger partial charge < -0.3 is 10.1 Å². The van der Waals surface area contributed by atoms with E-state index in [0.29, 0.717) is 16.7 Å². The van der Waals surface area contributed by atoms with Crippen LogP contribution in [0.2, 0.25) is 5.02 Å². The van der Waals surface area contributed by atoms with Gasteiger partial charge in [-0.2, -0.15) is 0 Å². The van der Waals surface area contributed by atoms with E-state index in [1.54, 1.807) is 6.07 Å². The van der Waals surface area contributed by atoms with Gasteiger partial charge in [0.1, 0.15) is 5.75 Å². The number of hydrogen-bond acceptors (Lipinski definition) is 2. The molecule has 1 amide bonds. The molecular weight excluding hydrogens is 330 g/mol. The zero-order chi connectivity index (χ0) is 14.6. The molecule has 0 aliphatic rings. The standard InChI is InChI=1S/C14H19BrClNO2/c1-8(2)10(4)17-13(18)7-19-14-9(3)5-11(15)6-12(14)16/h5-6,8,10H,7H2,1-4H3,(H,17,18)/t10-/m1/s1. The minimum atomic E-state index is -0.139. The van der Waals surface area contributed by atoms with Crippen LogP contribution in [0.3, 0.4) is 0 Å². The second kappa shape index (κ2) is 7.15. The van der Waals surface area contributed by atoms with Crippen LogP contribution in [0.15, 0.2) is 16.6 Å². The van der Waals surface area contributed by atoms with Gasteiger partial charge in [-0.05, 0) is 37.5 Å². The Labute approximate surface area is 127 Å². The highest BCUT2D eigenvalue weighted by Gasteiger charge is 2.13. The Morgan fingerprint density at radius 1 is 1.42 bits per heavy atom. The number of rotatable bonds is 5. The minimum absolute atomic E-state index is 0.0285. The van der Waals surface area contributed by atoms with Gasteiger partial charge in [-0.15, -0.1) is 0 Å². The van der Waals surface area contributed by atoms with E-state index < -0.39 is 0 Å². The van der Waals surface area contributed by atoms with Crippen LogP contribution in [0.4, 0.5) is 0 Å². The molecule has 0 saturated carbocycles. The SMILES string of the molecule is Cc1cc(Br)cc(Cl)c1OCC(=O)N[C@H](C)C(C)C. The maximum Gasteiger partial charge on any atom is 0.258 e. The van der Waals surface area contributed by atoms with Gasteiger partial charge in [0, 0.05) is 10.5 Å². The van der Waals surface area contributed by atoms with Crippen molar-refractivity contribution in [3.63, 3.8) is 0 Å². The van der Waals surface area contributed by atoms with Crippen molar-refractivity contribution >= 4 is 33.4 Å². The summed E-state index contributed by atoms with van der Waals surface area (Å²) in [6.45, 7) is 7.95. The average Bonchev–Trinajstić information content (AvgIpc) is 2.27. The molecule has 0 unspecified atom stereocenters. The summed E-state index contributed by atoms with van der Waals surface area (Å²) in [5, 5.41) is 3.38. The second-order valence-electron chi connectivity index (χ2n) is 4.92. The summed E-state index contributed by atoms with van der Waals surface area (Å²) in [5.74, 6) is 0.804. The van der Waals surface area contributed by atoms with Gasteiger partial charge in [0.15, 0.2) is 6.61 Å². The maximum atomic E-state index is 11.7. The molecule has 0 aliphatic carbocycles. The number of ether oxygens (including phenoxy) is 1. The minimum Gasteiger partial charge on any atom is -0.482 e. The van der Waals surface area contributed by atoms with Crippen LogP contribution in [0.1, 0.15) is 26.3 Å². The highest BCUT2D eigenvalue weighted by Crippen LogP contribution is 2.31. The first-order valence-electron chi connectivity index (χ1n) is 6.19. The molecule has 1 aromatic carbocycles. The predicted molar refractivity (Wildman–Crippen MR) is 81.8 cm³/mol. The lowest BCUT2D eigenvalue weighted by molar-refractivity contribution is -0.124. The van der Waals surface area contributed by atoms with Crippen LogP contribution in [0.25, 0.3) is 0 Å². The summed E-state index contributed by atoms with van der Waals surface area (Å²) in [7, 11) is 0. The predicted octanol–water partition coefficient (Wildman–Crippen LogP) is 3.95. The molecule has 1 N–H and O–H groups in total. The molecule has 3 nitrogen and oxygen atoms in total. The summed E-state index contributed by atoms with van der Waals surface area (Å²) >= 11 is 9.44. The smallest absolute Gasteiger partial charge is 0.258 e. The first-order valence-corrected chi connectivity index (χ1v) is 7.36. The quantitative estimate of drug-likeness (QED) is 0.875. The maximum absolute atomic E-state index is 11.7. The zero-order valence-corrected chi connectivity index (χ0v) is 13.9. The van der Waals surface area contributed by atoms with E-state index in [0.717, 1.165) is 10.0 Å². The fourth-order valence-corrected chi connectivity index (χ4v) is 2.50. The average molecular weight is 349 g/mol. The Bertz CT molecular complexity index is 440. The van der Waals surface area contributed by atoms with Crippen molar-refractivity contribution in [1.29, 1.82) is 0 Å². The van der Waals surface area contributed by atoms with E-state index in [1.807, 2.05) is 19.9 Å². The molecule has 0 aromatic heterocycles. The van der Waals surface area contributed by atoms with Crippen molar-refractivity contribution in [1.82, 2.24) is 5.32 Å². The van der Waals surface area contributed by atoms with E-state index in [4.69, 9.17) is 16.3 Å². The molecule has 0 fully saturated rings. The van der Waals surface area contributed by atoms with Crippen molar-refractivity contribution in [2.75, 3.05) is 6.61 Å². The molecule has 1 aromatic rings. The third-order valence-electron chi connectivity index (χ3n) is 2.93. The largest absolute Gasteiger partial charge is 0.482 e. The third-order valence-corrected chi connectivity index (χ3v) is 3.67. The summed E-state index contributed by atoms with van der Waals surface area (Å²) < 4.78 is 6.39. The molecular formula is C14H19BrClNO2. The molecule has 0 spiro atoms. The Hall–Kier alpha value is -0.740. The summed E-state index contributed by atoms with van der Waals surface area (Å²) in [5.41, 5.74) is 0.893. The van der Waals surface area contributed by atoms with Crippen LogP contribution in [-0.4, -0.2) is 18.6 Å². The van der Waals surface area contributed by atoms with E-state index in [1.165, 1.54) is 0 Å².